The standard InChI is InChI=1S/C24H25N3O5/c1-26(2)9-4-10-27-14-15(18-13-17(31-3)6-7-20(18)27)11-22-23(28)19-12-16(25-24(29)30)5-8-21(19)32-22/h5-8,11-14,25H,4,9-10H2,1-3H3,(H,29,30)/b22-11-. The van der Waals surface area contributed by atoms with Crippen molar-refractivity contribution in [2.75, 3.05) is 33.1 Å². The number of aromatic nitrogens is 1. The van der Waals surface area contributed by atoms with Crippen LogP contribution in [0.5, 0.6) is 11.5 Å². The number of ketones is 1. The van der Waals surface area contributed by atoms with E-state index in [1.807, 2.05) is 38.5 Å². The van der Waals surface area contributed by atoms with Crippen LogP contribution in [0.15, 0.2) is 48.4 Å². The van der Waals surface area contributed by atoms with Crippen LogP contribution in [0.3, 0.4) is 0 Å². The summed E-state index contributed by atoms with van der Waals surface area (Å²) >= 11 is 0. The summed E-state index contributed by atoms with van der Waals surface area (Å²) in [5.41, 5.74) is 2.54. The number of amides is 1. The Labute approximate surface area is 185 Å². The molecule has 0 atom stereocenters. The molecule has 0 fully saturated rings. The second kappa shape index (κ2) is 8.76. The molecule has 2 N–H and O–H groups in total. The zero-order chi connectivity index (χ0) is 22.8. The van der Waals surface area contributed by atoms with Crippen LogP contribution in [-0.4, -0.2) is 54.2 Å². The molecule has 0 spiro atoms. The van der Waals surface area contributed by atoms with Gasteiger partial charge in [0.25, 0.3) is 0 Å². The highest BCUT2D eigenvalue weighted by Crippen LogP contribution is 2.35. The molecular formula is C24H25N3O5. The molecule has 1 amide bonds. The van der Waals surface area contributed by atoms with Gasteiger partial charge in [-0.15, -0.1) is 0 Å². The van der Waals surface area contributed by atoms with Gasteiger partial charge in [0, 0.05) is 34.9 Å². The number of ether oxygens (including phenoxy) is 2. The largest absolute Gasteiger partial charge is 0.497 e. The van der Waals surface area contributed by atoms with E-state index in [4.69, 9.17) is 14.6 Å². The van der Waals surface area contributed by atoms with Crippen LogP contribution in [0.4, 0.5) is 10.5 Å². The third-order valence-electron chi connectivity index (χ3n) is 5.33. The van der Waals surface area contributed by atoms with Gasteiger partial charge in [0.2, 0.25) is 5.78 Å². The number of methoxy groups -OCH3 is 1. The molecule has 0 unspecified atom stereocenters. The molecule has 2 aromatic carbocycles. The number of anilines is 1. The SMILES string of the molecule is COc1ccc2c(c1)c(/C=C1\Oc3ccc(NC(=O)O)cc3C1=O)cn2CCCN(C)C. The average Bonchev–Trinajstić information content (AvgIpc) is 3.25. The van der Waals surface area contributed by atoms with Crippen LogP contribution in [0.25, 0.3) is 17.0 Å². The highest BCUT2D eigenvalue weighted by atomic mass is 16.5. The minimum atomic E-state index is -1.19. The predicted molar refractivity (Wildman–Crippen MR) is 123 cm³/mol. The highest BCUT2D eigenvalue weighted by molar-refractivity contribution is 6.15. The van der Waals surface area contributed by atoms with Crippen LogP contribution in [-0.2, 0) is 6.54 Å². The summed E-state index contributed by atoms with van der Waals surface area (Å²) in [6, 6.07) is 10.5. The summed E-state index contributed by atoms with van der Waals surface area (Å²) in [6.07, 6.45) is 3.54. The normalized spacial score (nSPS) is 14.1. The van der Waals surface area contributed by atoms with Crippen molar-refractivity contribution in [2.24, 2.45) is 0 Å². The van der Waals surface area contributed by atoms with Crippen LogP contribution in [0.1, 0.15) is 22.3 Å². The number of aryl methyl sites for hydroxylation is 1. The lowest BCUT2D eigenvalue weighted by Gasteiger charge is -2.10. The first-order valence-electron chi connectivity index (χ1n) is 10.3. The molecule has 1 aliphatic heterocycles. The van der Waals surface area contributed by atoms with E-state index >= 15 is 0 Å². The van der Waals surface area contributed by atoms with E-state index < -0.39 is 6.09 Å². The molecule has 3 aromatic rings. The van der Waals surface area contributed by atoms with E-state index in [-0.39, 0.29) is 11.5 Å². The van der Waals surface area contributed by atoms with Crippen molar-refractivity contribution in [1.82, 2.24) is 9.47 Å². The second-order valence-corrected chi connectivity index (χ2v) is 7.90. The number of Topliss-reactive ketones (excluding diaryl/α,β-unsaturated/α-hetero) is 1. The van der Waals surface area contributed by atoms with Gasteiger partial charge in [-0.05, 0) is 69.5 Å². The number of fused-ring (bicyclic) bond motifs is 2. The van der Waals surface area contributed by atoms with Crippen LogP contribution in [0, 0.1) is 0 Å². The molecule has 2 heterocycles. The van der Waals surface area contributed by atoms with Gasteiger partial charge >= 0.3 is 6.09 Å². The van der Waals surface area contributed by atoms with Gasteiger partial charge in [-0.2, -0.15) is 0 Å². The first kappa shape index (κ1) is 21.5. The molecule has 0 aliphatic carbocycles. The fourth-order valence-corrected chi connectivity index (χ4v) is 3.82. The number of benzene rings is 2. The third kappa shape index (κ3) is 4.31. The summed E-state index contributed by atoms with van der Waals surface area (Å²) in [7, 11) is 5.72. The van der Waals surface area contributed by atoms with Gasteiger partial charge < -0.3 is 24.0 Å². The molecule has 8 heteroatoms. The van der Waals surface area contributed by atoms with Gasteiger partial charge in [-0.25, -0.2) is 4.79 Å². The van der Waals surface area contributed by atoms with E-state index in [1.54, 1.807) is 25.3 Å². The summed E-state index contributed by atoms with van der Waals surface area (Å²) in [5, 5.41) is 12.1. The minimum Gasteiger partial charge on any atom is -0.497 e. The fraction of sp³-hybridized carbons (Fsp3) is 0.250. The third-order valence-corrected chi connectivity index (χ3v) is 5.33. The van der Waals surface area contributed by atoms with Crippen molar-refractivity contribution in [3.8, 4) is 11.5 Å². The zero-order valence-electron chi connectivity index (χ0n) is 18.2. The second-order valence-electron chi connectivity index (χ2n) is 7.90. The van der Waals surface area contributed by atoms with Crippen molar-refractivity contribution in [1.29, 1.82) is 0 Å². The molecule has 0 bridgehead atoms. The van der Waals surface area contributed by atoms with Crippen molar-refractivity contribution >= 4 is 34.5 Å². The van der Waals surface area contributed by atoms with Crippen LogP contribution < -0.4 is 14.8 Å². The molecule has 1 aromatic heterocycles. The zero-order valence-corrected chi connectivity index (χ0v) is 18.2. The molecule has 0 radical (unpaired) electrons. The van der Waals surface area contributed by atoms with Crippen LogP contribution in [0.2, 0.25) is 0 Å². The maximum absolute atomic E-state index is 12.9. The summed E-state index contributed by atoms with van der Waals surface area (Å²) < 4.78 is 13.4. The van der Waals surface area contributed by atoms with Gasteiger partial charge in [-0.1, -0.05) is 0 Å². The van der Waals surface area contributed by atoms with E-state index in [9.17, 15) is 9.59 Å². The number of nitrogens with one attached hydrogen (secondary N) is 1. The van der Waals surface area contributed by atoms with Gasteiger partial charge in [0.15, 0.2) is 5.76 Å². The van der Waals surface area contributed by atoms with Crippen molar-refractivity contribution in [2.45, 2.75) is 13.0 Å². The topological polar surface area (TPSA) is 93.0 Å². The molecule has 4 rings (SSSR count). The van der Waals surface area contributed by atoms with Crippen LogP contribution >= 0.6 is 0 Å². The maximum Gasteiger partial charge on any atom is 0.409 e. The predicted octanol–water partition coefficient (Wildman–Crippen LogP) is 4.31. The van der Waals surface area contributed by atoms with E-state index in [0.717, 1.165) is 41.7 Å². The Hall–Kier alpha value is -3.78. The Bertz CT molecular complexity index is 1230. The number of carboxylic acid groups (broad SMARTS) is 1. The Balaban J connectivity index is 1.69. The Kier molecular flexibility index (Phi) is 5.87. The van der Waals surface area contributed by atoms with E-state index in [1.165, 1.54) is 6.07 Å². The lowest BCUT2D eigenvalue weighted by molar-refractivity contribution is 0.101. The monoisotopic (exact) mass is 435 g/mol. The maximum atomic E-state index is 12.9. The summed E-state index contributed by atoms with van der Waals surface area (Å²) in [4.78, 5) is 26.0. The quantitative estimate of drug-likeness (QED) is 0.538. The number of hydrogen-bond acceptors (Lipinski definition) is 5. The van der Waals surface area contributed by atoms with Gasteiger partial charge in [0.05, 0.1) is 12.7 Å². The van der Waals surface area contributed by atoms with E-state index in [0.29, 0.717) is 17.0 Å². The van der Waals surface area contributed by atoms with E-state index in [2.05, 4.69) is 14.8 Å². The molecule has 0 saturated heterocycles. The van der Waals surface area contributed by atoms with Crippen molar-refractivity contribution < 1.29 is 24.2 Å². The first-order chi connectivity index (χ1) is 15.4. The number of carbonyl (C=O) groups excluding carboxylic acids is 1. The average molecular weight is 435 g/mol. The lowest BCUT2D eigenvalue weighted by Crippen LogP contribution is -2.14. The molecule has 32 heavy (non-hydrogen) atoms. The Morgan fingerprint density at radius 3 is 2.78 bits per heavy atom. The molecule has 0 saturated carbocycles. The first-order valence-corrected chi connectivity index (χ1v) is 10.3. The van der Waals surface area contributed by atoms with Crippen molar-refractivity contribution in [3.05, 3.63) is 59.5 Å². The molecule has 166 valence electrons. The van der Waals surface area contributed by atoms with Gasteiger partial charge in [-0.3, -0.25) is 10.1 Å². The lowest BCUT2D eigenvalue weighted by atomic mass is 10.1. The summed E-state index contributed by atoms with van der Waals surface area (Å²) in [5.74, 6) is 1.05. The Morgan fingerprint density at radius 1 is 1.25 bits per heavy atom. The van der Waals surface area contributed by atoms with Crippen molar-refractivity contribution in [3.63, 3.8) is 0 Å². The molecule has 8 nitrogen and oxygen atoms in total. The smallest absolute Gasteiger partial charge is 0.409 e. The highest BCUT2D eigenvalue weighted by Gasteiger charge is 2.28. The summed E-state index contributed by atoms with van der Waals surface area (Å²) in [6.45, 7) is 1.80. The molecular weight excluding hydrogens is 410 g/mol. The number of rotatable bonds is 7. The fourth-order valence-electron chi connectivity index (χ4n) is 3.82. The Morgan fingerprint density at radius 2 is 2.06 bits per heavy atom. The number of nitrogens with zero attached hydrogens (tertiary/aromatic N) is 2. The number of carbonyl (C=O) groups is 2. The minimum absolute atomic E-state index is 0.197. The number of allylic oxidation sites excluding steroid dienone is 1. The van der Waals surface area contributed by atoms with Gasteiger partial charge in [0.1, 0.15) is 11.5 Å². The number of hydrogen-bond donors (Lipinski definition) is 2. The molecule has 1 aliphatic rings.